The van der Waals surface area contributed by atoms with E-state index in [1.807, 2.05) is 30.0 Å². The number of carbonyl (C=O) groups is 2. The molecule has 0 aliphatic carbocycles. The van der Waals surface area contributed by atoms with Crippen LogP contribution in [0.15, 0.2) is 30.3 Å². The molecule has 1 N–H and O–H groups in total. The van der Waals surface area contributed by atoms with Crippen LogP contribution in [0.3, 0.4) is 0 Å². The van der Waals surface area contributed by atoms with Crippen molar-refractivity contribution >= 4 is 29.2 Å². The third-order valence-corrected chi connectivity index (χ3v) is 5.84. The number of esters is 1. The van der Waals surface area contributed by atoms with Crippen LogP contribution in [0, 0.1) is 6.92 Å². The van der Waals surface area contributed by atoms with Gasteiger partial charge in [-0.3, -0.25) is 14.5 Å². The number of hydrogen-bond acceptors (Lipinski definition) is 6. The molecule has 7 nitrogen and oxygen atoms in total. The molecule has 0 saturated heterocycles. The number of nitrogens with one attached hydrogen (secondary N) is 1. The molecule has 32 heavy (non-hydrogen) atoms. The zero-order chi connectivity index (χ0) is 23.3. The van der Waals surface area contributed by atoms with Crippen molar-refractivity contribution in [3.8, 4) is 11.5 Å². The Labute approximate surface area is 193 Å². The summed E-state index contributed by atoms with van der Waals surface area (Å²) in [6.07, 6.45) is 0.850. The highest BCUT2D eigenvalue weighted by atomic mass is 35.5. The maximum absolute atomic E-state index is 12.8. The Kier molecular flexibility index (Phi) is 7.99. The van der Waals surface area contributed by atoms with Crippen LogP contribution < -0.4 is 14.8 Å². The van der Waals surface area contributed by atoms with Crippen molar-refractivity contribution in [2.24, 2.45) is 0 Å². The van der Waals surface area contributed by atoms with E-state index in [0.717, 1.165) is 16.7 Å². The van der Waals surface area contributed by atoms with Crippen molar-refractivity contribution in [2.75, 3.05) is 39.2 Å². The third-order valence-electron chi connectivity index (χ3n) is 5.52. The quantitative estimate of drug-likeness (QED) is 0.596. The first kappa shape index (κ1) is 23.9. The van der Waals surface area contributed by atoms with E-state index in [1.54, 1.807) is 33.3 Å². The van der Waals surface area contributed by atoms with Crippen LogP contribution in [0.5, 0.6) is 11.5 Å². The van der Waals surface area contributed by atoms with Crippen LogP contribution in [0.2, 0.25) is 5.02 Å². The first-order valence-electron chi connectivity index (χ1n) is 10.6. The molecule has 0 spiro atoms. The highest BCUT2D eigenvalue weighted by molar-refractivity contribution is 6.33. The topological polar surface area (TPSA) is 77.1 Å². The van der Waals surface area contributed by atoms with Crippen LogP contribution in [0.25, 0.3) is 0 Å². The lowest BCUT2D eigenvalue weighted by atomic mass is 9.90. The van der Waals surface area contributed by atoms with Gasteiger partial charge in [-0.05, 0) is 61.2 Å². The molecule has 172 valence electrons. The molecule has 8 heteroatoms. The molecule has 1 aliphatic rings. The van der Waals surface area contributed by atoms with Crippen LogP contribution in [0.4, 0.5) is 5.69 Å². The second-order valence-corrected chi connectivity index (χ2v) is 8.09. The predicted molar refractivity (Wildman–Crippen MR) is 124 cm³/mol. The number of rotatable bonds is 8. The summed E-state index contributed by atoms with van der Waals surface area (Å²) in [7, 11) is 3.17. The molecule has 0 fully saturated rings. The minimum atomic E-state index is -0.322. The van der Waals surface area contributed by atoms with Crippen LogP contribution in [-0.2, 0) is 20.7 Å². The number of amides is 1. The number of ether oxygens (including phenoxy) is 3. The SMILES string of the molecule is CCOC(=O)CC1c2cc(OC)c(OC)cc2CCN1CC(=O)Nc1ccc(C)cc1Cl. The highest BCUT2D eigenvalue weighted by Gasteiger charge is 2.32. The average molecular weight is 461 g/mol. The molecule has 0 bridgehead atoms. The monoisotopic (exact) mass is 460 g/mol. The van der Waals surface area contributed by atoms with E-state index in [0.29, 0.717) is 41.8 Å². The van der Waals surface area contributed by atoms with Gasteiger partial charge in [0.05, 0.1) is 44.5 Å². The predicted octanol–water partition coefficient (Wildman–Crippen LogP) is 4.16. The second-order valence-electron chi connectivity index (χ2n) is 7.68. The molecule has 1 aliphatic heterocycles. The summed E-state index contributed by atoms with van der Waals surface area (Å²) in [5.74, 6) is 0.708. The lowest BCUT2D eigenvalue weighted by Gasteiger charge is -2.37. The number of carbonyl (C=O) groups excluding carboxylic acids is 2. The van der Waals surface area contributed by atoms with Gasteiger partial charge in [0.1, 0.15) is 0 Å². The molecule has 1 unspecified atom stereocenters. The molecule has 0 saturated carbocycles. The Morgan fingerprint density at radius 2 is 1.88 bits per heavy atom. The maximum Gasteiger partial charge on any atom is 0.307 e. The van der Waals surface area contributed by atoms with E-state index >= 15 is 0 Å². The highest BCUT2D eigenvalue weighted by Crippen LogP contribution is 2.39. The van der Waals surface area contributed by atoms with E-state index in [2.05, 4.69) is 5.32 Å². The maximum atomic E-state index is 12.8. The molecular weight excluding hydrogens is 432 g/mol. The van der Waals surface area contributed by atoms with E-state index in [9.17, 15) is 9.59 Å². The van der Waals surface area contributed by atoms with Gasteiger partial charge < -0.3 is 19.5 Å². The summed E-state index contributed by atoms with van der Waals surface area (Å²) in [5.41, 5.74) is 3.57. The first-order valence-corrected chi connectivity index (χ1v) is 10.9. The average Bonchev–Trinajstić information content (AvgIpc) is 2.76. The fourth-order valence-electron chi connectivity index (χ4n) is 3.98. The van der Waals surface area contributed by atoms with E-state index in [1.165, 1.54) is 0 Å². The molecule has 2 aromatic carbocycles. The van der Waals surface area contributed by atoms with Crippen LogP contribution >= 0.6 is 11.6 Å². The number of hydrogen-bond donors (Lipinski definition) is 1. The number of methoxy groups -OCH3 is 2. The van der Waals surface area contributed by atoms with Gasteiger partial charge in [0.15, 0.2) is 11.5 Å². The smallest absolute Gasteiger partial charge is 0.307 e. The molecule has 0 radical (unpaired) electrons. The van der Waals surface area contributed by atoms with Crippen molar-refractivity contribution in [3.05, 3.63) is 52.0 Å². The zero-order valence-corrected chi connectivity index (χ0v) is 19.6. The Balaban J connectivity index is 1.85. The summed E-state index contributed by atoms with van der Waals surface area (Å²) in [4.78, 5) is 27.2. The van der Waals surface area contributed by atoms with Crippen LogP contribution in [-0.4, -0.2) is 50.7 Å². The van der Waals surface area contributed by atoms with Crippen molar-refractivity contribution < 1.29 is 23.8 Å². The molecule has 0 aromatic heterocycles. The van der Waals surface area contributed by atoms with E-state index < -0.39 is 0 Å². The molecule has 1 amide bonds. The normalized spacial score (nSPS) is 15.6. The molecular formula is C24H29ClN2O5. The van der Waals surface area contributed by atoms with Gasteiger partial charge in [-0.25, -0.2) is 0 Å². The van der Waals surface area contributed by atoms with Crippen molar-refractivity contribution in [1.29, 1.82) is 0 Å². The second kappa shape index (κ2) is 10.7. The van der Waals surface area contributed by atoms with Gasteiger partial charge in [-0.1, -0.05) is 17.7 Å². The summed E-state index contributed by atoms with van der Waals surface area (Å²) >= 11 is 6.26. The Morgan fingerprint density at radius 1 is 1.16 bits per heavy atom. The van der Waals surface area contributed by atoms with Gasteiger partial charge in [0.25, 0.3) is 0 Å². The molecule has 1 heterocycles. The number of benzene rings is 2. The Bertz CT molecular complexity index is 995. The molecule has 1 atom stereocenters. The van der Waals surface area contributed by atoms with Gasteiger partial charge >= 0.3 is 5.97 Å². The molecule has 3 rings (SSSR count). The number of halogens is 1. The van der Waals surface area contributed by atoms with E-state index in [4.69, 9.17) is 25.8 Å². The fraction of sp³-hybridized carbons (Fsp3) is 0.417. The van der Waals surface area contributed by atoms with Crippen molar-refractivity contribution in [1.82, 2.24) is 4.90 Å². The van der Waals surface area contributed by atoms with Crippen LogP contribution in [0.1, 0.15) is 36.1 Å². The van der Waals surface area contributed by atoms with E-state index in [-0.39, 0.29) is 30.9 Å². The minimum absolute atomic E-state index is 0.113. The third kappa shape index (κ3) is 5.53. The standard InChI is InChI=1S/C24H29ClN2O5/c1-5-32-24(29)13-20-17-12-22(31-4)21(30-3)11-16(17)8-9-27(20)14-23(28)26-19-7-6-15(2)10-18(19)25/h6-7,10-12,20H,5,8-9,13-14H2,1-4H3,(H,26,28). The number of anilines is 1. The summed E-state index contributed by atoms with van der Waals surface area (Å²) in [5, 5.41) is 3.36. The molecule has 2 aromatic rings. The van der Waals surface area contributed by atoms with Gasteiger partial charge in [-0.15, -0.1) is 0 Å². The summed E-state index contributed by atoms with van der Waals surface area (Å²) in [6.45, 7) is 4.74. The number of fused-ring (bicyclic) bond motifs is 1. The summed E-state index contributed by atoms with van der Waals surface area (Å²) < 4.78 is 16.1. The largest absolute Gasteiger partial charge is 0.493 e. The lowest BCUT2D eigenvalue weighted by molar-refractivity contribution is -0.145. The summed E-state index contributed by atoms with van der Waals surface area (Å²) in [6, 6.07) is 8.99. The fourth-order valence-corrected chi connectivity index (χ4v) is 4.26. The first-order chi connectivity index (χ1) is 15.4. The zero-order valence-electron chi connectivity index (χ0n) is 18.9. The van der Waals surface area contributed by atoms with Gasteiger partial charge in [-0.2, -0.15) is 0 Å². The minimum Gasteiger partial charge on any atom is -0.493 e. The number of nitrogens with zero attached hydrogens (tertiary/aromatic N) is 1. The number of aryl methyl sites for hydroxylation is 1. The lowest BCUT2D eigenvalue weighted by Crippen LogP contribution is -2.41. The Hall–Kier alpha value is -2.77. The van der Waals surface area contributed by atoms with Gasteiger partial charge in [0.2, 0.25) is 5.91 Å². The van der Waals surface area contributed by atoms with Gasteiger partial charge in [0, 0.05) is 12.6 Å². The van der Waals surface area contributed by atoms with Crippen molar-refractivity contribution in [3.63, 3.8) is 0 Å². The Morgan fingerprint density at radius 3 is 2.53 bits per heavy atom. The van der Waals surface area contributed by atoms with Crippen molar-refractivity contribution in [2.45, 2.75) is 32.7 Å².